The fraction of sp³-hybridized carbons (Fsp3) is 0.632. The number of rotatable bonds is 5. The van der Waals surface area contributed by atoms with Crippen molar-refractivity contribution in [1.29, 1.82) is 0 Å². The van der Waals surface area contributed by atoms with E-state index in [0.717, 1.165) is 30.8 Å². The first-order valence-electron chi connectivity index (χ1n) is 9.05. The van der Waals surface area contributed by atoms with Gasteiger partial charge in [0.25, 0.3) is 0 Å². The van der Waals surface area contributed by atoms with Crippen molar-refractivity contribution in [2.24, 2.45) is 0 Å². The molecule has 2 aliphatic rings. The molecule has 0 saturated carbocycles. The van der Waals surface area contributed by atoms with Crippen molar-refractivity contribution in [2.45, 2.75) is 12.5 Å². The summed E-state index contributed by atoms with van der Waals surface area (Å²) in [5.41, 5.74) is 2.04. The summed E-state index contributed by atoms with van der Waals surface area (Å²) >= 11 is 0. The predicted octanol–water partition coefficient (Wildman–Crippen LogP) is 0.855. The van der Waals surface area contributed by atoms with E-state index in [1.807, 2.05) is 17.0 Å². The smallest absolute Gasteiger partial charge is 0.241 e. The molecule has 1 amide bonds. The summed E-state index contributed by atoms with van der Waals surface area (Å²) in [6, 6.07) is 4.20. The third-order valence-corrected chi connectivity index (χ3v) is 5.22. The first-order chi connectivity index (χ1) is 12.5. The third-order valence-electron chi connectivity index (χ3n) is 5.22. The van der Waals surface area contributed by atoms with Gasteiger partial charge in [0, 0.05) is 31.7 Å². The van der Waals surface area contributed by atoms with Gasteiger partial charge in [-0.15, -0.1) is 0 Å². The number of anilines is 1. The molecule has 0 spiro atoms. The van der Waals surface area contributed by atoms with Crippen molar-refractivity contribution in [3.63, 3.8) is 0 Å². The zero-order valence-corrected chi connectivity index (χ0v) is 16.2. The van der Waals surface area contributed by atoms with Crippen LogP contribution in [0.3, 0.4) is 0 Å². The Morgan fingerprint density at radius 2 is 1.85 bits per heavy atom. The second-order valence-corrected chi connectivity index (χ2v) is 7.05. The van der Waals surface area contributed by atoms with Crippen molar-refractivity contribution in [3.8, 4) is 11.5 Å². The number of morpholine rings is 1. The number of amides is 1. The highest BCUT2D eigenvalue weighted by atomic mass is 16.5. The maximum atomic E-state index is 13.1. The summed E-state index contributed by atoms with van der Waals surface area (Å²) in [7, 11) is 7.37. The van der Waals surface area contributed by atoms with Crippen LogP contribution < -0.4 is 14.4 Å². The molecule has 1 fully saturated rings. The van der Waals surface area contributed by atoms with Crippen LogP contribution in [0, 0.1) is 0 Å². The van der Waals surface area contributed by atoms with Crippen LogP contribution in [0.5, 0.6) is 11.5 Å². The van der Waals surface area contributed by atoms with Crippen molar-refractivity contribution < 1.29 is 19.0 Å². The largest absolute Gasteiger partial charge is 0.493 e. The molecule has 3 rings (SSSR count). The summed E-state index contributed by atoms with van der Waals surface area (Å²) < 4.78 is 16.3. The van der Waals surface area contributed by atoms with Gasteiger partial charge >= 0.3 is 0 Å². The molecule has 26 heavy (non-hydrogen) atoms. The van der Waals surface area contributed by atoms with E-state index >= 15 is 0 Å². The van der Waals surface area contributed by atoms with Crippen molar-refractivity contribution in [2.75, 3.05) is 72.6 Å². The Labute approximate surface area is 155 Å². The Morgan fingerprint density at radius 1 is 1.19 bits per heavy atom. The SMILES string of the molecule is COc1cc2c(cc1OC)N(C(=O)CN1CCOCC1)CC(N(C)C)C2. The van der Waals surface area contributed by atoms with Crippen LogP contribution >= 0.6 is 0 Å². The molecule has 0 N–H and O–H groups in total. The van der Waals surface area contributed by atoms with E-state index in [9.17, 15) is 4.79 Å². The number of hydrogen-bond acceptors (Lipinski definition) is 6. The Hall–Kier alpha value is -1.83. The monoisotopic (exact) mass is 363 g/mol. The molecule has 0 aromatic heterocycles. The van der Waals surface area contributed by atoms with E-state index < -0.39 is 0 Å². The molecular formula is C19H29N3O4. The van der Waals surface area contributed by atoms with Crippen molar-refractivity contribution >= 4 is 11.6 Å². The fourth-order valence-electron chi connectivity index (χ4n) is 3.57. The molecule has 1 saturated heterocycles. The molecule has 7 nitrogen and oxygen atoms in total. The first kappa shape index (κ1) is 18.9. The van der Waals surface area contributed by atoms with Gasteiger partial charge in [-0.3, -0.25) is 9.69 Å². The normalized spacial score (nSPS) is 20.8. The van der Waals surface area contributed by atoms with Crippen LogP contribution in [-0.2, 0) is 16.0 Å². The lowest BCUT2D eigenvalue weighted by Gasteiger charge is -2.39. The number of carbonyl (C=O) groups excluding carboxylic acids is 1. The lowest BCUT2D eigenvalue weighted by molar-refractivity contribution is -0.121. The van der Waals surface area contributed by atoms with Crippen LogP contribution in [0.2, 0.25) is 0 Å². The van der Waals surface area contributed by atoms with Crippen LogP contribution in [0.4, 0.5) is 5.69 Å². The van der Waals surface area contributed by atoms with Gasteiger partial charge < -0.3 is 24.0 Å². The maximum absolute atomic E-state index is 13.1. The first-order valence-corrected chi connectivity index (χ1v) is 9.05. The minimum absolute atomic E-state index is 0.118. The zero-order valence-electron chi connectivity index (χ0n) is 16.2. The zero-order chi connectivity index (χ0) is 18.7. The lowest BCUT2D eigenvalue weighted by Crippen LogP contribution is -2.51. The van der Waals surface area contributed by atoms with Crippen LogP contribution in [0.15, 0.2) is 12.1 Å². The van der Waals surface area contributed by atoms with Gasteiger partial charge in [0.1, 0.15) is 0 Å². The topological polar surface area (TPSA) is 54.5 Å². The van der Waals surface area contributed by atoms with E-state index in [0.29, 0.717) is 37.8 Å². The van der Waals surface area contributed by atoms with E-state index in [2.05, 4.69) is 23.9 Å². The fourth-order valence-corrected chi connectivity index (χ4v) is 3.57. The minimum Gasteiger partial charge on any atom is -0.493 e. The molecule has 0 bridgehead atoms. The molecule has 1 aromatic carbocycles. The van der Waals surface area contributed by atoms with Gasteiger partial charge in [0.15, 0.2) is 11.5 Å². The Balaban J connectivity index is 1.89. The highest BCUT2D eigenvalue weighted by Crippen LogP contribution is 2.38. The average Bonchev–Trinajstić information content (AvgIpc) is 2.66. The number of ether oxygens (including phenoxy) is 3. The van der Waals surface area contributed by atoms with Crippen LogP contribution in [-0.4, -0.2) is 89.5 Å². The molecule has 0 aliphatic carbocycles. The van der Waals surface area contributed by atoms with Gasteiger partial charge in [-0.2, -0.15) is 0 Å². The summed E-state index contributed by atoms with van der Waals surface area (Å²) in [5.74, 6) is 1.47. The van der Waals surface area contributed by atoms with E-state index in [1.165, 1.54) is 0 Å². The summed E-state index contributed by atoms with van der Waals surface area (Å²) in [4.78, 5) is 19.3. The minimum atomic E-state index is 0.118. The Kier molecular flexibility index (Phi) is 6.01. The second-order valence-electron chi connectivity index (χ2n) is 7.05. The Bertz CT molecular complexity index is 644. The van der Waals surface area contributed by atoms with Gasteiger partial charge in [-0.05, 0) is 32.1 Å². The van der Waals surface area contributed by atoms with Gasteiger partial charge in [-0.25, -0.2) is 0 Å². The molecule has 1 atom stereocenters. The molecule has 7 heteroatoms. The van der Waals surface area contributed by atoms with Gasteiger partial charge in [0.05, 0.1) is 39.7 Å². The molecule has 1 unspecified atom stereocenters. The average molecular weight is 363 g/mol. The van der Waals surface area contributed by atoms with Gasteiger partial charge in [0.2, 0.25) is 5.91 Å². The molecule has 144 valence electrons. The number of likely N-dealkylation sites (N-methyl/N-ethyl adjacent to an activating group) is 1. The molecule has 1 aromatic rings. The number of fused-ring (bicyclic) bond motifs is 1. The van der Waals surface area contributed by atoms with E-state index in [1.54, 1.807) is 14.2 Å². The number of benzene rings is 1. The number of carbonyl (C=O) groups is 1. The standard InChI is InChI=1S/C19H29N3O4/c1-20(2)15-9-14-10-17(24-3)18(25-4)11-16(14)22(12-15)19(23)13-21-5-7-26-8-6-21/h10-11,15H,5-9,12-13H2,1-4H3. The predicted molar refractivity (Wildman–Crippen MR) is 100 cm³/mol. The Morgan fingerprint density at radius 3 is 2.46 bits per heavy atom. The number of methoxy groups -OCH3 is 2. The maximum Gasteiger partial charge on any atom is 0.241 e. The second kappa shape index (κ2) is 8.24. The van der Waals surface area contributed by atoms with Crippen LogP contribution in [0.25, 0.3) is 0 Å². The molecule has 0 radical (unpaired) electrons. The van der Waals surface area contributed by atoms with Crippen molar-refractivity contribution in [3.05, 3.63) is 17.7 Å². The van der Waals surface area contributed by atoms with Crippen LogP contribution in [0.1, 0.15) is 5.56 Å². The highest BCUT2D eigenvalue weighted by molar-refractivity contribution is 5.96. The molecular weight excluding hydrogens is 334 g/mol. The number of nitrogens with zero attached hydrogens (tertiary/aromatic N) is 3. The van der Waals surface area contributed by atoms with Crippen molar-refractivity contribution in [1.82, 2.24) is 9.80 Å². The van der Waals surface area contributed by atoms with E-state index in [4.69, 9.17) is 14.2 Å². The quantitative estimate of drug-likeness (QED) is 0.773. The summed E-state index contributed by atoms with van der Waals surface area (Å²) in [5, 5.41) is 0. The van der Waals surface area contributed by atoms with E-state index in [-0.39, 0.29) is 11.9 Å². The molecule has 2 heterocycles. The summed E-state index contributed by atoms with van der Waals surface area (Å²) in [6.07, 6.45) is 0.879. The number of hydrogen-bond donors (Lipinski definition) is 0. The lowest BCUT2D eigenvalue weighted by atomic mass is 9.96. The van der Waals surface area contributed by atoms with Gasteiger partial charge in [-0.1, -0.05) is 0 Å². The highest BCUT2D eigenvalue weighted by Gasteiger charge is 2.32. The third kappa shape index (κ3) is 3.95. The summed E-state index contributed by atoms with van der Waals surface area (Å²) in [6.45, 7) is 4.07. The molecule has 2 aliphatic heterocycles.